The summed E-state index contributed by atoms with van der Waals surface area (Å²) in [6, 6.07) is 5.39. The third-order valence-electron chi connectivity index (χ3n) is 4.93. The number of methoxy groups -OCH3 is 1. The molecule has 0 saturated carbocycles. The zero-order valence-electron chi connectivity index (χ0n) is 19.8. The summed E-state index contributed by atoms with van der Waals surface area (Å²) < 4.78 is 4.92. The first-order valence-electron chi connectivity index (χ1n) is 11.0. The van der Waals surface area contributed by atoms with E-state index < -0.39 is 5.97 Å². The largest absolute Gasteiger partial charge is 0.481 e. The van der Waals surface area contributed by atoms with Gasteiger partial charge in [-0.2, -0.15) is 0 Å². The van der Waals surface area contributed by atoms with Gasteiger partial charge in [-0.1, -0.05) is 25.8 Å². The number of unbranched alkanes of at least 4 members (excludes halogenated alkanes) is 2. The maximum atomic E-state index is 11.9. The van der Waals surface area contributed by atoms with Crippen LogP contribution in [0.4, 0.5) is 0 Å². The summed E-state index contributed by atoms with van der Waals surface area (Å²) in [5.41, 5.74) is 2.83. The minimum atomic E-state index is -0.845. The molecule has 0 aliphatic heterocycles. The molecular formula is C24H40N2O5. The number of benzene rings is 1. The number of hydrogen-bond donors (Lipinski definition) is 2. The number of aliphatic carboxylic acids is 1. The molecule has 1 rings (SSSR count). The predicted octanol–water partition coefficient (Wildman–Crippen LogP) is 3.96. The number of amides is 2. The van der Waals surface area contributed by atoms with Crippen LogP contribution in [-0.4, -0.2) is 61.1 Å². The van der Waals surface area contributed by atoms with Gasteiger partial charge in [0.15, 0.2) is 0 Å². The molecule has 176 valence electrons. The molecule has 0 radical (unpaired) electrons. The van der Waals surface area contributed by atoms with E-state index in [0.29, 0.717) is 12.0 Å². The Labute approximate surface area is 187 Å². The Kier molecular flexibility index (Phi) is 15.9. The third kappa shape index (κ3) is 14.3. The molecule has 0 bridgehead atoms. The van der Waals surface area contributed by atoms with Gasteiger partial charge in [-0.15, -0.1) is 0 Å². The van der Waals surface area contributed by atoms with Crippen molar-refractivity contribution in [3.8, 4) is 0 Å². The van der Waals surface area contributed by atoms with Gasteiger partial charge in [-0.05, 0) is 63.3 Å². The lowest BCUT2D eigenvalue weighted by Crippen LogP contribution is -2.33. The molecule has 31 heavy (non-hydrogen) atoms. The molecule has 7 heteroatoms. The first-order chi connectivity index (χ1) is 14.7. The van der Waals surface area contributed by atoms with Crippen molar-refractivity contribution in [2.24, 2.45) is 0 Å². The van der Waals surface area contributed by atoms with Crippen LogP contribution in [0.2, 0.25) is 0 Å². The first-order valence-corrected chi connectivity index (χ1v) is 11.0. The van der Waals surface area contributed by atoms with Crippen molar-refractivity contribution in [3.63, 3.8) is 0 Å². The minimum absolute atomic E-state index is 0.0639. The molecular weight excluding hydrogens is 396 g/mol. The Morgan fingerprint density at radius 1 is 1.16 bits per heavy atom. The summed E-state index contributed by atoms with van der Waals surface area (Å²) in [7, 11) is 1.68. The van der Waals surface area contributed by atoms with Gasteiger partial charge in [-0.25, -0.2) is 0 Å². The highest BCUT2D eigenvalue weighted by Crippen LogP contribution is 2.10. The molecule has 1 aromatic carbocycles. The number of carboxylic acids is 1. The van der Waals surface area contributed by atoms with Gasteiger partial charge in [0.25, 0.3) is 5.91 Å². The number of carboxylic acid groups (broad SMARTS) is 1. The average Bonchev–Trinajstić information content (AvgIpc) is 2.73. The lowest BCUT2D eigenvalue weighted by molar-refractivity contribution is -0.137. The second-order valence-electron chi connectivity index (χ2n) is 7.80. The number of carbonyl (C=O) groups excluding carboxylic acids is 2. The van der Waals surface area contributed by atoms with E-state index in [2.05, 4.69) is 12.2 Å². The Morgan fingerprint density at radius 2 is 1.84 bits per heavy atom. The number of carbonyl (C=O) groups is 3. The lowest BCUT2D eigenvalue weighted by Gasteiger charge is -2.16. The summed E-state index contributed by atoms with van der Waals surface area (Å²) in [6.45, 7) is 10.4. The molecule has 7 nitrogen and oxygen atoms in total. The average molecular weight is 437 g/mol. The Balaban J connectivity index is 0.000000615. The highest BCUT2D eigenvalue weighted by atomic mass is 16.5. The topological polar surface area (TPSA) is 95.9 Å². The monoisotopic (exact) mass is 436 g/mol. The molecule has 1 aromatic rings. The fourth-order valence-corrected chi connectivity index (χ4v) is 2.80. The zero-order chi connectivity index (χ0) is 23.6. The van der Waals surface area contributed by atoms with E-state index in [-0.39, 0.29) is 18.4 Å². The molecule has 0 fully saturated rings. The van der Waals surface area contributed by atoms with Crippen molar-refractivity contribution in [3.05, 3.63) is 34.9 Å². The Bertz CT molecular complexity index is 653. The smallest absolute Gasteiger partial charge is 0.303 e. The number of hydrogen-bond acceptors (Lipinski definition) is 4. The van der Waals surface area contributed by atoms with E-state index in [0.717, 1.165) is 50.1 Å². The van der Waals surface area contributed by atoms with Crippen molar-refractivity contribution < 1.29 is 24.2 Å². The molecule has 0 saturated heterocycles. The van der Waals surface area contributed by atoms with E-state index in [4.69, 9.17) is 9.84 Å². The summed E-state index contributed by atoms with van der Waals surface area (Å²) in [5, 5.41) is 11.4. The molecule has 1 atom stereocenters. The van der Waals surface area contributed by atoms with Gasteiger partial charge in [0.05, 0.1) is 0 Å². The summed E-state index contributed by atoms with van der Waals surface area (Å²) in [4.78, 5) is 34.7. The van der Waals surface area contributed by atoms with Crippen LogP contribution >= 0.6 is 0 Å². The van der Waals surface area contributed by atoms with Crippen LogP contribution in [0.15, 0.2) is 18.2 Å². The molecule has 2 N–H and O–H groups in total. The summed E-state index contributed by atoms with van der Waals surface area (Å²) >= 11 is 0. The lowest BCUT2D eigenvalue weighted by atomic mass is 10.1. The van der Waals surface area contributed by atoms with Crippen LogP contribution in [0.25, 0.3) is 0 Å². The van der Waals surface area contributed by atoms with Gasteiger partial charge < -0.3 is 20.1 Å². The maximum absolute atomic E-state index is 11.9. The van der Waals surface area contributed by atoms with Crippen molar-refractivity contribution >= 4 is 18.3 Å². The van der Waals surface area contributed by atoms with E-state index in [9.17, 15) is 14.4 Å². The normalized spacial score (nSPS) is 11.1. The van der Waals surface area contributed by atoms with E-state index >= 15 is 0 Å². The first kappa shape index (κ1) is 28.6. The van der Waals surface area contributed by atoms with Gasteiger partial charge in [0.2, 0.25) is 6.41 Å². The third-order valence-corrected chi connectivity index (χ3v) is 4.93. The van der Waals surface area contributed by atoms with Gasteiger partial charge in [0.1, 0.15) is 0 Å². The molecule has 0 aromatic heterocycles. The fraction of sp³-hybridized carbons (Fsp3) is 0.625. The van der Waals surface area contributed by atoms with Gasteiger partial charge in [-0.3, -0.25) is 14.4 Å². The summed E-state index contributed by atoms with van der Waals surface area (Å²) in [6.07, 6.45) is 5.88. The van der Waals surface area contributed by atoms with Crippen molar-refractivity contribution in [1.82, 2.24) is 10.2 Å². The van der Waals surface area contributed by atoms with Crippen LogP contribution in [0.5, 0.6) is 0 Å². The van der Waals surface area contributed by atoms with Crippen molar-refractivity contribution in [2.75, 3.05) is 26.8 Å². The number of ether oxygens (including phenoxy) is 1. The maximum Gasteiger partial charge on any atom is 0.303 e. The highest BCUT2D eigenvalue weighted by molar-refractivity contribution is 5.94. The molecule has 1 unspecified atom stereocenters. The number of rotatable bonds is 14. The molecule has 2 amide bonds. The number of nitrogens with zero attached hydrogens (tertiary/aromatic N) is 1. The molecule has 0 aliphatic carbocycles. The molecule has 0 spiro atoms. The van der Waals surface area contributed by atoms with E-state index in [1.54, 1.807) is 13.2 Å². The van der Waals surface area contributed by atoms with E-state index in [1.807, 2.05) is 37.8 Å². The molecule has 0 heterocycles. The molecule has 0 aliphatic rings. The van der Waals surface area contributed by atoms with Gasteiger partial charge >= 0.3 is 5.97 Å². The Hall–Kier alpha value is -2.41. The summed E-state index contributed by atoms with van der Waals surface area (Å²) in [5.74, 6) is -1.00. The second kappa shape index (κ2) is 17.3. The van der Waals surface area contributed by atoms with Crippen LogP contribution in [0.3, 0.4) is 0 Å². The van der Waals surface area contributed by atoms with Gasteiger partial charge in [0, 0.05) is 44.8 Å². The van der Waals surface area contributed by atoms with E-state index in [1.165, 1.54) is 12.8 Å². The highest BCUT2D eigenvalue weighted by Gasteiger charge is 2.11. The number of nitrogens with one attached hydrogen (secondary N) is 1. The minimum Gasteiger partial charge on any atom is -0.481 e. The predicted molar refractivity (Wildman–Crippen MR) is 123 cm³/mol. The van der Waals surface area contributed by atoms with Crippen molar-refractivity contribution in [2.45, 2.75) is 72.3 Å². The van der Waals surface area contributed by atoms with Crippen LogP contribution in [0, 0.1) is 13.8 Å². The SMILES string of the molecule is CCCCCN(C=O)CCCOC.Cc1ccc(C(=O)NC(C)CCC(=O)O)cc1C. The van der Waals surface area contributed by atoms with Crippen LogP contribution in [0.1, 0.15) is 73.9 Å². The second-order valence-corrected chi connectivity index (χ2v) is 7.80. The van der Waals surface area contributed by atoms with Crippen molar-refractivity contribution in [1.29, 1.82) is 0 Å². The number of aryl methyl sites for hydroxylation is 2. The zero-order valence-corrected chi connectivity index (χ0v) is 19.8. The van der Waals surface area contributed by atoms with Crippen LogP contribution in [-0.2, 0) is 14.3 Å². The quantitative estimate of drug-likeness (QED) is 0.340. The fourth-order valence-electron chi connectivity index (χ4n) is 2.80. The Morgan fingerprint density at radius 3 is 2.39 bits per heavy atom. The standard InChI is InChI=1S/C14H19NO3.C10H21NO2/c1-9-4-6-12(8-10(9)2)14(18)15-11(3)5-7-13(16)17;1-3-4-5-7-11(10-12)8-6-9-13-2/h4,6,8,11H,5,7H2,1-3H3,(H,15,18)(H,16,17);10H,3-9H2,1-2H3. The van der Waals surface area contributed by atoms with Crippen LogP contribution < -0.4 is 5.32 Å².